The third kappa shape index (κ3) is 9.37. The molecule has 0 fully saturated rings. The van der Waals surface area contributed by atoms with Crippen LogP contribution in [0.2, 0.25) is 0 Å². The van der Waals surface area contributed by atoms with Crippen molar-refractivity contribution in [2.45, 2.75) is 49.4 Å². The standard InChI is InChI=1S/C24H25NO6S.C2HF3O2/c1-2-20(14-18-10-7-9-17-8-3-4-11-21(17)18)31-22-12-5-6-13-23(22)32(29,30)25-19(16-26)15-24(27)28;3-2(4,5)1(6)7/h3-13,16,19-20,25H,2,14-15H2,1H3,(H,27,28);(H,6,7). The van der Waals surface area contributed by atoms with Gasteiger partial charge in [-0.05, 0) is 34.9 Å². The Hall–Kier alpha value is -3.97. The fraction of sp³-hybridized carbons (Fsp3) is 0.269. The van der Waals surface area contributed by atoms with E-state index in [1.54, 1.807) is 18.2 Å². The molecule has 0 bridgehead atoms. The van der Waals surface area contributed by atoms with E-state index in [4.69, 9.17) is 19.7 Å². The zero-order valence-corrected chi connectivity index (χ0v) is 21.4. The largest absolute Gasteiger partial charge is 0.490 e. The maximum atomic E-state index is 12.9. The summed E-state index contributed by atoms with van der Waals surface area (Å²) in [5, 5.41) is 18.2. The van der Waals surface area contributed by atoms with Crippen LogP contribution in [-0.4, -0.2) is 55.2 Å². The van der Waals surface area contributed by atoms with Crippen molar-refractivity contribution in [2.75, 3.05) is 0 Å². The van der Waals surface area contributed by atoms with E-state index in [2.05, 4.69) is 4.72 Å². The molecule has 2 atom stereocenters. The average molecular weight is 570 g/mol. The minimum atomic E-state index is -5.08. The van der Waals surface area contributed by atoms with Gasteiger partial charge < -0.3 is 19.7 Å². The molecule has 39 heavy (non-hydrogen) atoms. The Morgan fingerprint density at radius 1 is 1.00 bits per heavy atom. The van der Waals surface area contributed by atoms with Crippen molar-refractivity contribution < 1.29 is 50.9 Å². The number of hydrogen-bond donors (Lipinski definition) is 3. The third-order valence-corrected chi connectivity index (χ3v) is 6.85. The van der Waals surface area contributed by atoms with Gasteiger partial charge in [-0.2, -0.15) is 13.2 Å². The Balaban J connectivity index is 0.000000673. The first-order valence-electron chi connectivity index (χ1n) is 11.5. The number of para-hydroxylation sites is 1. The van der Waals surface area contributed by atoms with Crippen molar-refractivity contribution in [1.29, 1.82) is 0 Å². The molecule has 9 nitrogen and oxygen atoms in total. The van der Waals surface area contributed by atoms with E-state index < -0.39 is 40.6 Å². The molecule has 0 aromatic heterocycles. The lowest BCUT2D eigenvalue weighted by molar-refractivity contribution is -0.192. The molecule has 0 spiro atoms. The average Bonchev–Trinajstić information content (AvgIpc) is 2.87. The normalized spacial score (nSPS) is 13.0. The number of halogens is 3. The van der Waals surface area contributed by atoms with E-state index in [-0.39, 0.29) is 23.0 Å². The maximum Gasteiger partial charge on any atom is 0.490 e. The second-order valence-electron chi connectivity index (χ2n) is 8.20. The van der Waals surface area contributed by atoms with E-state index in [0.717, 1.165) is 16.3 Å². The van der Waals surface area contributed by atoms with Gasteiger partial charge in [0.2, 0.25) is 10.0 Å². The van der Waals surface area contributed by atoms with Crippen LogP contribution in [0.15, 0.2) is 71.6 Å². The summed E-state index contributed by atoms with van der Waals surface area (Å²) in [5.41, 5.74) is 1.09. The highest BCUT2D eigenvalue weighted by molar-refractivity contribution is 7.89. The van der Waals surface area contributed by atoms with E-state index in [1.807, 2.05) is 49.4 Å². The summed E-state index contributed by atoms with van der Waals surface area (Å²) in [6.07, 6.45) is -4.54. The summed E-state index contributed by atoms with van der Waals surface area (Å²) in [5.74, 6) is -3.89. The first-order chi connectivity index (χ1) is 18.3. The van der Waals surface area contributed by atoms with Gasteiger partial charge in [0.15, 0.2) is 0 Å². The molecule has 0 amide bonds. The molecule has 0 radical (unpaired) electrons. The van der Waals surface area contributed by atoms with Gasteiger partial charge in [0, 0.05) is 6.42 Å². The number of ether oxygens (including phenoxy) is 1. The van der Waals surface area contributed by atoms with Crippen LogP contribution >= 0.6 is 0 Å². The summed E-state index contributed by atoms with van der Waals surface area (Å²) in [7, 11) is -4.18. The van der Waals surface area contributed by atoms with Gasteiger partial charge in [-0.25, -0.2) is 17.9 Å². The molecule has 0 saturated heterocycles. The van der Waals surface area contributed by atoms with Crippen LogP contribution in [0, 0.1) is 0 Å². The SMILES string of the molecule is CCC(Cc1cccc2ccccc12)Oc1ccccc1S(=O)(=O)NC(C=O)CC(=O)O.O=C(O)C(F)(F)F. The Bertz CT molecular complexity index is 1400. The highest BCUT2D eigenvalue weighted by Crippen LogP contribution is 2.27. The van der Waals surface area contributed by atoms with Crippen LogP contribution in [0.5, 0.6) is 5.75 Å². The van der Waals surface area contributed by atoms with E-state index >= 15 is 0 Å². The van der Waals surface area contributed by atoms with Crippen LogP contribution in [-0.2, 0) is 30.8 Å². The number of sulfonamides is 1. The number of hydrogen-bond acceptors (Lipinski definition) is 6. The van der Waals surface area contributed by atoms with Crippen molar-refractivity contribution in [3.8, 4) is 5.75 Å². The summed E-state index contributed by atoms with van der Waals surface area (Å²) in [6.45, 7) is 1.96. The zero-order valence-electron chi connectivity index (χ0n) is 20.6. The van der Waals surface area contributed by atoms with Gasteiger partial charge in [-0.3, -0.25) is 4.79 Å². The molecule has 3 aromatic carbocycles. The molecule has 0 heterocycles. The summed E-state index contributed by atoms with van der Waals surface area (Å²) < 4.78 is 65.7. The first kappa shape index (κ1) is 31.2. The number of carboxylic acid groups (broad SMARTS) is 2. The molecule has 13 heteroatoms. The molecule has 0 aliphatic heterocycles. The van der Waals surface area contributed by atoms with Gasteiger partial charge in [0.25, 0.3) is 0 Å². The lowest BCUT2D eigenvalue weighted by Crippen LogP contribution is -2.37. The van der Waals surface area contributed by atoms with E-state index in [1.165, 1.54) is 6.07 Å². The Kier molecular flexibility index (Phi) is 11.0. The van der Waals surface area contributed by atoms with Crippen molar-refractivity contribution >= 4 is 39.0 Å². The highest BCUT2D eigenvalue weighted by Gasteiger charge is 2.38. The molecule has 0 aliphatic rings. The number of nitrogens with one attached hydrogen (secondary N) is 1. The number of carbonyl (C=O) groups excluding carboxylic acids is 1. The number of fused-ring (bicyclic) bond motifs is 1. The van der Waals surface area contributed by atoms with Gasteiger partial charge in [0.05, 0.1) is 12.5 Å². The lowest BCUT2D eigenvalue weighted by Gasteiger charge is -2.21. The van der Waals surface area contributed by atoms with E-state index in [9.17, 15) is 31.2 Å². The van der Waals surface area contributed by atoms with Gasteiger partial charge in [-0.15, -0.1) is 0 Å². The predicted molar refractivity (Wildman–Crippen MR) is 135 cm³/mol. The van der Waals surface area contributed by atoms with Crippen molar-refractivity contribution in [3.05, 3.63) is 72.3 Å². The summed E-state index contributed by atoms with van der Waals surface area (Å²) >= 11 is 0. The fourth-order valence-corrected chi connectivity index (χ4v) is 4.81. The number of rotatable bonds is 11. The monoisotopic (exact) mass is 569 g/mol. The van der Waals surface area contributed by atoms with Crippen LogP contribution < -0.4 is 9.46 Å². The molecule has 3 rings (SSSR count). The Morgan fingerprint density at radius 3 is 2.18 bits per heavy atom. The predicted octanol–water partition coefficient (Wildman–Crippen LogP) is 4.19. The molecule has 2 unspecified atom stereocenters. The quantitative estimate of drug-likeness (QED) is 0.291. The highest BCUT2D eigenvalue weighted by atomic mass is 32.2. The molecule has 210 valence electrons. The number of aldehydes is 1. The van der Waals surface area contributed by atoms with Crippen LogP contribution in [0.3, 0.4) is 0 Å². The Labute approximate surface area is 222 Å². The minimum Gasteiger partial charge on any atom is -0.489 e. The molecule has 0 saturated carbocycles. The molecular weight excluding hydrogens is 543 g/mol. The van der Waals surface area contributed by atoms with Crippen LogP contribution in [0.4, 0.5) is 13.2 Å². The van der Waals surface area contributed by atoms with E-state index in [0.29, 0.717) is 12.8 Å². The second-order valence-corrected chi connectivity index (χ2v) is 9.88. The lowest BCUT2D eigenvalue weighted by atomic mass is 9.99. The Morgan fingerprint density at radius 2 is 1.59 bits per heavy atom. The van der Waals surface area contributed by atoms with Crippen LogP contribution in [0.25, 0.3) is 10.8 Å². The molecule has 3 N–H and O–H groups in total. The minimum absolute atomic E-state index is 0.145. The third-order valence-electron chi connectivity index (χ3n) is 5.32. The fourth-order valence-electron chi connectivity index (χ4n) is 3.50. The maximum absolute atomic E-state index is 12.9. The van der Waals surface area contributed by atoms with Crippen molar-refractivity contribution in [1.82, 2.24) is 4.72 Å². The topological polar surface area (TPSA) is 147 Å². The zero-order chi connectivity index (χ0) is 29.2. The smallest absolute Gasteiger partial charge is 0.489 e. The first-order valence-corrected chi connectivity index (χ1v) is 13.0. The van der Waals surface area contributed by atoms with Crippen molar-refractivity contribution in [2.24, 2.45) is 0 Å². The van der Waals surface area contributed by atoms with Crippen molar-refractivity contribution in [3.63, 3.8) is 0 Å². The molecule has 3 aromatic rings. The number of alkyl halides is 3. The molecule has 0 aliphatic carbocycles. The van der Waals surface area contributed by atoms with Crippen LogP contribution in [0.1, 0.15) is 25.3 Å². The summed E-state index contributed by atoms with van der Waals surface area (Å²) in [6, 6.07) is 18.8. The van der Waals surface area contributed by atoms with Gasteiger partial charge in [-0.1, -0.05) is 61.5 Å². The number of carbonyl (C=O) groups is 3. The van der Waals surface area contributed by atoms with Gasteiger partial charge >= 0.3 is 18.1 Å². The number of benzene rings is 3. The molecular formula is C26H26F3NO8S. The summed E-state index contributed by atoms with van der Waals surface area (Å²) in [4.78, 5) is 30.8. The number of aliphatic carboxylic acids is 2. The van der Waals surface area contributed by atoms with Gasteiger partial charge in [0.1, 0.15) is 23.0 Å². The number of carboxylic acids is 2. The second kappa shape index (κ2) is 13.7.